The van der Waals surface area contributed by atoms with Crippen molar-refractivity contribution in [1.82, 2.24) is 0 Å². The first-order chi connectivity index (χ1) is 16.0. The number of allylic oxidation sites excluding steroid dienone is 3. The van der Waals surface area contributed by atoms with Crippen LogP contribution < -0.4 is 0 Å². The van der Waals surface area contributed by atoms with Gasteiger partial charge >= 0.3 is 5.97 Å². The molecule has 0 aromatic heterocycles. The van der Waals surface area contributed by atoms with Gasteiger partial charge < -0.3 is 14.2 Å². The maximum absolute atomic E-state index is 12.6. The molecule has 0 N–H and O–H groups in total. The molecule has 2 fully saturated rings. The second-order valence-corrected chi connectivity index (χ2v) is 9.72. The van der Waals surface area contributed by atoms with Gasteiger partial charge in [-0.25, -0.2) is 0 Å². The topological polar surface area (TPSA) is 61.8 Å². The molecule has 3 rings (SSSR count). The van der Waals surface area contributed by atoms with E-state index >= 15 is 0 Å². The summed E-state index contributed by atoms with van der Waals surface area (Å²) in [4.78, 5) is 24.0. The van der Waals surface area contributed by atoms with Gasteiger partial charge in [-0.05, 0) is 76.2 Å². The zero-order chi connectivity index (χ0) is 23.6. The van der Waals surface area contributed by atoms with E-state index in [-0.39, 0.29) is 36.0 Å². The molecule has 3 aliphatic rings. The van der Waals surface area contributed by atoms with Crippen LogP contribution in [0.5, 0.6) is 0 Å². The highest BCUT2D eigenvalue weighted by Gasteiger charge is 2.45. The van der Waals surface area contributed by atoms with E-state index in [0.29, 0.717) is 24.7 Å². The van der Waals surface area contributed by atoms with E-state index in [0.717, 1.165) is 58.0 Å². The first-order valence-electron chi connectivity index (χ1n) is 12.7. The van der Waals surface area contributed by atoms with Gasteiger partial charge in [-0.2, -0.15) is 0 Å². The van der Waals surface area contributed by atoms with Crippen LogP contribution in [-0.4, -0.2) is 37.9 Å². The standard InChI is InChI=1S/C28H40O5/c1-4-5-10-20(2)25(29)15-14-23-24-18-21(11-6-7-12-27(30)31-3)17-22(24)19-26(23)33-28-13-8-9-16-32-28/h14-15,17,20,22-24,26,28H,6-13,16,18-19H2,1-3H3/t20?,22-,23-,24-,26-,28?/m1/s1. The van der Waals surface area contributed by atoms with Crippen LogP contribution in [0.4, 0.5) is 0 Å². The van der Waals surface area contributed by atoms with Gasteiger partial charge in [-0.1, -0.05) is 24.6 Å². The Kier molecular flexibility index (Phi) is 10.2. The Balaban J connectivity index is 1.61. The lowest BCUT2D eigenvalue weighted by atomic mass is 9.88. The Morgan fingerprint density at radius 1 is 1.30 bits per heavy atom. The molecule has 2 unspecified atom stereocenters. The summed E-state index contributed by atoms with van der Waals surface area (Å²) in [5.74, 6) is 7.00. The summed E-state index contributed by atoms with van der Waals surface area (Å²) in [5, 5.41) is 0. The van der Waals surface area contributed by atoms with E-state index in [2.05, 4.69) is 24.0 Å². The molecular formula is C28H40O5. The maximum Gasteiger partial charge on any atom is 0.305 e. The molecule has 2 aliphatic carbocycles. The van der Waals surface area contributed by atoms with Crippen molar-refractivity contribution in [2.45, 2.75) is 90.4 Å². The van der Waals surface area contributed by atoms with Gasteiger partial charge in [-0.15, -0.1) is 11.8 Å². The van der Waals surface area contributed by atoms with Gasteiger partial charge in [-0.3, -0.25) is 9.59 Å². The molecule has 33 heavy (non-hydrogen) atoms. The van der Waals surface area contributed by atoms with Crippen LogP contribution in [0, 0.1) is 35.5 Å². The van der Waals surface area contributed by atoms with Crippen molar-refractivity contribution >= 4 is 11.8 Å². The SMILES string of the molecule is CC#CCC(C)C(=O)C=C[C@@H]1[C@@H]2CC(CCCCC(=O)OC)=C[C@@H]2C[C@H]1OC1CCCCO1. The number of fused-ring (bicyclic) bond motifs is 1. The molecule has 5 nitrogen and oxygen atoms in total. The van der Waals surface area contributed by atoms with Crippen molar-refractivity contribution in [2.75, 3.05) is 13.7 Å². The molecule has 1 heterocycles. The minimum Gasteiger partial charge on any atom is -0.469 e. The minimum atomic E-state index is -0.133. The Bertz CT molecular complexity index is 780. The Labute approximate surface area is 199 Å². The average molecular weight is 457 g/mol. The van der Waals surface area contributed by atoms with Crippen molar-refractivity contribution in [3.8, 4) is 11.8 Å². The van der Waals surface area contributed by atoms with Gasteiger partial charge in [0.2, 0.25) is 0 Å². The summed E-state index contributed by atoms with van der Waals surface area (Å²) in [7, 11) is 1.44. The fraction of sp³-hybridized carbons (Fsp3) is 0.714. The molecule has 0 radical (unpaired) electrons. The lowest BCUT2D eigenvalue weighted by molar-refractivity contribution is -0.192. The monoisotopic (exact) mass is 456 g/mol. The molecule has 1 saturated heterocycles. The predicted molar refractivity (Wildman–Crippen MR) is 128 cm³/mol. The number of ether oxygens (including phenoxy) is 3. The fourth-order valence-corrected chi connectivity index (χ4v) is 5.38. The third kappa shape index (κ3) is 7.55. The third-order valence-electron chi connectivity index (χ3n) is 7.30. The first-order valence-corrected chi connectivity index (χ1v) is 12.7. The number of hydrogen-bond acceptors (Lipinski definition) is 5. The van der Waals surface area contributed by atoms with E-state index in [9.17, 15) is 9.59 Å². The third-order valence-corrected chi connectivity index (χ3v) is 7.30. The van der Waals surface area contributed by atoms with Crippen LogP contribution in [0.1, 0.15) is 78.1 Å². The highest BCUT2D eigenvalue weighted by Crippen LogP contribution is 2.49. The Hall–Kier alpha value is -1.90. The highest BCUT2D eigenvalue weighted by molar-refractivity contribution is 5.91. The summed E-state index contributed by atoms with van der Waals surface area (Å²) >= 11 is 0. The molecule has 182 valence electrons. The van der Waals surface area contributed by atoms with Crippen LogP contribution in [-0.2, 0) is 23.8 Å². The van der Waals surface area contributed by atoms with Gasteiger partial charge in [0.25, 0.3) is 0 Å². The number of methoxy groups -OCH3 is 1. The molecule has 1 saturated carbocycles. The number of carbonyl (C=O) groups is 2. The van der Waals surface area contributed by atoms with Gasteiger partial charge in [0, 0.05) is 31.3 Å². The summed E-state index contributed by atoms with van der Waals surface area (Å²) in [6, 6.07) is 0. The molecule has 0 amide bonds. The van der Waals surface area contributed by atoms with E-state index in [1.54, 1.807) is 13.0 Å². The van der Waals surface area contributed by atoms with Crippen LogP contribution in [0.3, 0.4) is 0 Å². The number of rotatable bonds is 11. The average Bonchev–Trinajstić information content (AvgIpc) is 3.36. The molecule has 0 bridgehead atoms. The van der Waals surface area contributed by atoms with Crippen molar-refractivity contribution in [2.24, 2.45) is 23.7 Å². The highest BCUT2D eigenvalue weighted by atomic mass is 16.7. The molecular weight excluding hydrogens is 416 g/mol. The normalized spacial score (nSPS) is 29.8. The van der Waals surface area contributed by atoms with E-state index in [1.165, 1.54) is 12.7 Å². The first kappa shape index (κ1) is 25.7. The number of carbonyl (C=O) groups excluding carboxylic acids is 2. The summed E-state index contributed by atoms with van der Waals surface area (Å²) < 4.78 is 17.0. The van der Waals surface area contributed by atoms with E-state index < -0.39 is 0 Å². The number of esters is 1. The van der Waals surface area contributed by atoms with Gasteiger partial charge in [0.05, 0.1) is 13.2 Å². The van der Waals surface area contributed by atoms with Gasteiger partial charge in [0.1, 0.15) is 0 Å². The van der Waals surface area contributed by atoms with Crippen LogP contribution in [0.15, 0.2) is 23.8 Å². The Morgan fingerprint density at radius 3 is 2.88 bits per heavy atom. The lowest BCUT2D eigenvalue weighted by Gasteiger charge is -2.29. The van der Waals surface area contributed by atoms with E-state index in [1.807, 2.05) is 6.92 Å². The molecule has 6 atom stereocenters. The smallest absolute Gasteiger partial charge is 0.305 e. The lowest BCUT2D eigenvalue weighted by Crippen LogP contribution is -2.30. The van der Waals surface area contributed by atoms with Crippen LogP contribution in [0.25, 0.3) is 0 Å². The van der Waals surface area contributed by atoms with Crippen molar-refractivity contribution in [1.29, 1.82) is 0 Å². The summed E-state index contributed by atoms with van der Waals surface area (Å²) in [6.45, 7) is 4.53. The minimum absolute atomic E-state index is 0.0842. The number of ketones is 1. The largest absolute Gasteiger partial charge is 0.469 e. The van der Waals surface area contributed by atoms with E-state index in [4.69, 9.17) is 14.2 Å². The maximum atomic E-state index is 12.6. The number of unbranched alkanes of at least 4 members (excludes halogenated alkanes) is 1. The second-order valence-electron chi connectivity index (χ2n) is 9.72. The van der Waals surface area contributed by atoms with Crippen LogP contribution in [0.2, 0.25) is 0 Å². The summed E-state index contributed by atoms with van der Waals surface area (Å²) in [5.41, 5.74) is 1.48. The second kappa shape index (κ2) is 13.1. The molecule has 5 heteroatoms. The number of hydrogen-bond donors (Lipinski definition) is 0. The zero-order valence-corrected chi connectivity index (χ0v) is 20.5. The van der Waals surface area contributed by atoms with Crippen molar-refractivity contribution in [3.63, 3.8) is 0 Å². The van der Waals surface area contributed by atoms with Crippen molar-refractivity contribution in [3.05, 3.63) is 23.8 Å². The van der Waals surface area contributed by atoms with Crippen LogP contribution >= 0.6 is 0 Å². The molecule has 1 aliphatic heterocycles. The molecule has 0 aromatic carbocycles. The molecule has 0 aromatic rings. The predicted octanol–water partition coefficient (Wildman–Crippen LogP) is 5.39. The zero-order valence-electron chi connectivity index (χ0n) is 20.5. The summed E-state index contributed by atoms with van der Waals surface area (Å²) in [6.07, 6.45) is 15.5. The Morgan fingerprint density at radius 2 is 2.15 bits per heavy atom. The fourth-order valence-electron chi connectivity index (χ4n) is 5.38. The van der Waals surface area contributed by atoms with Crippen molar-refractivity contribution < 1.29 is 23.8 Å². The quantitative estimate of drug-likeness (QED) is 0.137. The molecule has 0 spiro atoms. The van der Waals surface area contributed by atoms with Gasteiger partial charge in [0.15, 0.2) is 12.1 Å².